The maximum Gasteiger partial charge on any atom is 0.184 e. The summed E-state index contributed by atoms with van der Waals surface area (Å²) in [5.74, 6) is 0. The average molecular weight is 275 g/mol. The Bertz CT molecular complexity index is 311. The molecule has 0 amide bonds. The Kier molecular flexibility index (Phi) is 7.07. The summed E-state index contributed by atoms with van der Waals surface area (Å²) >= 11 is 0. The van der Waals surface area contributed by atoms with E-state index in [-0.39, 0.29) is 6.61 Å². The molecule has 1 rings (SSSR count). The first-order valence-corrected chi connectivity index (χ1v) is 6.32. The maximum atomic E-state index is 10.0. The highest BCUT2D eigenvalue weighted by Gasteiger charge is 2.45. The van der Waals surface area contributed by atoms with Gasteiger partial charge in [-0.1, -0.05) is 18.5 Å². The van der Waals surface area contributed by atoms with Gasteiger partial charge in [0.15, 0.2) is 6.29 Å². The third-order valence-electron chi connectivity index (χ3n) is 3.05. The predicted molar refractivity (Wildman–Crippen MR) is 66.3 cm³/mol. The number of aliphatic hydroxyl groups excluding tert-OH is 2. The Morgan fingerprint density at radius 2 is 2.21 bits per heavy atom. The second kappa shape index (κ2) is 8.31. The second-order valence-electron chi connectivity index (χ2n) is 4.34. The van der Waals surface area contributed by atoms with Crippen LogP contribution in [0.25, 0.3) is 10.4 Å². The molecular weight excluding hydrogens is 254 g/mol. The minimum absolute atomic E-state index is 0.389. The van der Waals surface area contributed by atoms with Crippen molar-refractivity contribution in [1.82, 2.24) is 0 Å². The lowest BCUT2D eigenvalue weighted by Crippen LogP contribution is -2.59. The van der Waals surface area contributed by atoms with Crippen LogP contribution in [0.5, 0.6) is 0 Å². The molecule has 0 aromatic carbocycles. The zero-order valence-electron chi connectivity index (χ0n) is 11.2. The highest BCUT2D eigenvalue weighted by atomic mass is 16.7. The Hall–Kier alpha value is -0.890. The van der Waals surface area contributed by atoms with Gasteiger partial charge in [-0.2, -0.15) is 0 Å². The maximum absolute atomic E-state index is 10.0. The van der Waals surface area contributed by atoms with Gasteiger partial charge in [-0.25, -0.2) is 0 Å². The van der Waals surface area contributed by atoms with E-state index in [0.717, 1.165) is 12.8 Å². The van der Waals surface area contributed by atoms with Crippen molar-refractivity contribution in [1.29, 1.82) is 0 Å². The lowest BCUT2D eigenvalue weighted by molar-refractivity contribution is -0.277. The lowest BCUT2D eigenvalue weighted by atomic mass is 9.97. The van der Waals surface area contributed by atoms with E-state index in [1.807, 2.05) is 6.92 Å². The molecule has 1 fully saturated rings. The van der Waals surface area contributed by atoms with Gasteiger partial charge in [0, 0.05) is 18.6 Å². The van der Waals surface area contributed by atoms with Gasteiger partial charge in [-0.3, -0.25) is 0 Å². The molecule has 2 N–H and O–H groups in total. The average Bonchev–Trinajstić information content (AvgIpc) is 2.43. The Morgan fingerprint density at radius 3 is 2.74 bits per heavy atom. The van der Waals surface area contributed by atoms with Crippen LogP contribution in [-0.2, 0) is 14.2 Å². The summed E-state index contributed by atoms with van der Waals surface area (Å²) in [5.41, 5.74) is 8.59. The fraction of sp³-hybridized carbons (Fsp3) is 1.00. The van der Waals surface area contributed by atoms with Crippen molar-refractivity contribution in [2.24, 2.45) is 5.11 Å². The van der Waals surface area contributed by atoms with Crippen LogP contribution < -0.4 is 0 Å². The smallest absolute Gasteiger partial charge is 0.184 e. The molecule has 0 aliphatic carbocycles. The van der Waals surface area contributed by atoms with E-state index in [1.54, 1.807) is 0 Å². The molecule has 0 spiro atoms. The van der Waals surface area contributed by atoms with Gasteiger partial charge in [0.25, 0.3) is 0 Å². The summed E-state index contributed by atoms with van der Waals surface area (Å²) in [6, 6.07) is -0.849. The molecule has 1 aliphatic heterocycles. The van der Waals surface area contributed by atoms with Crippen LogP contribution in [0.1, 0.15) is 19.8 Å². The number of aliphatic hydroxyl groups is 2. The number of azide groups is 1. The molecule has 1 heterocycles. The van der Waals surface area contributed by atoms with Crippen LogP contribution in [0.2, 0.25) is 0 Å². The Labute approximate surface area is 111 Å². The quantitative estimate of drug-likeness (QED) is 0.305. The molecule has 0 radical (unpaired) electrons. The molecule has 0 saturated carbocycles. The van der Waals surface area contributed by atoms with Gasteiger partial charge in [0.05, 0.1) is 18.8 Å². The molecule has 0 aromatic heterocycles. The zero-order chi connectivity index (χ0) is 14.3. The molecule has 1 aliphatic rings. The van der Waals surface area contributed by atoms with Crippen LogP contribution in [0.3, 0.4) is 0 Å². The highest BCUT2D eigenvalue weighted by Crippen LogP contribution is 2.26. The van der Waals surface area contributed by atoms with Crippen LogP contribution in [0.4, 0.5) is 0 Å². The first-order valence-electron chi connectivity index (χ1n) is 6.32. The first kappa shape index (κ1) is 16.2. The topological polar surface area (TPSA) is 117 Å². The number of nitrogens with zero attached hydrogens (tertiary/aromatic N) is 3. The molecule has 1 saturated heterocycles. The third kappa shape index (κ3) is 4.04. The summed E-state index contributed by atoms with van der Waals surface area (Å²) in [4.78, 5) is 2.72. The SMILES string of the molecule is CCCCO[C@@H]1[C@H](OC)OC(CO)C(O)[C@H]1N=[N+]=[N-]. The molecule has 5 atom stereocenters. The van der Waals surface area contributed by atoms with Crippen molar-refractivity contribution in [3.05, 3.63) is 10.4 Å². The molecular formula is C11H21N3O5. The Morgan fingerprint density at radius 1 is 1.47 bits per heavy atom. The minimum Gasteiger partial charge on any atom is -0.394 e. The van der Waals surface area contributed by atoms with Crippen LogP contribution in [0.15, 0.2) is 5.11 Å². The van der Waals surface area contributed by atoms with Gasteiger partial charge in [0.1, 0.15) is 12.2 Å². The highest BCUT2D eigenvalue weighted by molar-refractivity contribution is 4.95. The molecule has 0 aromatic rings. The predicted octanol–water partition coefficient (Wildman–Crippen LogP) is 0.575. The summed E-state index contributed by atoms with van der Waals surface area (Å²) < 4.78 is 16.1. The summed E-state index contributed by atoms with van der Waals surface area (Å²) in [5, 5.41) is 22.7. The third-order valence-corrected chi connectivity index (χ3v) is 3.05. The monoisotopic (exact) mass is 275 g/mol. The number of rotatable bonds is 7. The lowest BCUT2D eigenvalue weighted by Gasteiger charge is -2.41. The van der Waals surface area contributed by atoms with Gasteiger partial charge in [-0.05, 0) is 12.0 Å². The Balaban J connectivity index is 2.82. The van der Waals surface area contributed by atoms with E-state index in [1.165, 1.54) is 7.11 Å². The fourth-order valence-electron chi connectivity index (χ4n) is 1.98. The molecule has 8 heteroatoms. The van der Waals surface area contributed by atoms with E-state index in [4.69, 9.17) is 24.8 Å². The fourth-order valence-corrected chi connectivity index (χ4v) is 1.98. The normalized spacial score (nSPS) is 34.8. The molecule has 0 bridgehead atoms. The molecule has 8 nitrogen and oxygen atoms in total. The van der Waals surface area contributed by atoms with E-state index >= 15 is 0 Å². The number of hydrogen-bond acceptors (Lipinski definition) is 6. The standard InChI is InChI=1S/C11H21N3O5/c1-3-4-5-18-10-8(13-14-12)9(16)7(6-15)19-11(10)17-2/h7-11,15-16H,3-6H2,1-2H3/t7?,8-,9?,10+,11-/m1/s1. The van der Waals surface area contributed by atoms with E-state index < -0.39 is 30.6 Å². The van der Waals surface area contributed by atoms with Crippen molar-refractivity contribution in [2.75, 3.05) is 20.3 Å². The zero-order valence-corrected chi connectivity index (χ0v) is 11.2. The van der Waals surface area contributed by atoms with Crippen molar-refractivity contribution in [2.45, 2.75) is 50.4 Å². The molecule has 2 unspecified atom stereocenters. The number of unbranched alkanes of at least 4 members (excludes halogenated alkanes) is 1. The molecule has 110 valence electrons. The van der Waals surface area contributed by atoms with E-state index in [0.29, 0.717) is 6.61 Å². The van der Waals surface area contributed by atoms with Crippen molar-refractivity contribution < 1.29 is 24.4 Å². The van der Waals surface area contributed by atoms with Crippen LogP contribution in [-0.4, -0.2) is 61.2 Å². The van der Waals surface area contributed by atoms with Crippen LogP contribution in [0, 0.1) is 0 Å². The van der Waals surface area contributed by atoms with E-state index in [2.05, 4.69) is 10.0 Å². The van der Waals surface area contributed by atoms with E-state index in [9.17, 15) is 5.11 Å². The first-order chi connectivity index (χ1) is 9.19. The van der Waals surface area contributed by atoms with Gasteiger partial charge in [-0.15, -0.1) is 0 Å². The number of methoxy groups -OCH3 is 1. The summed E-state index contributed by atoms with van der Waals surface area (Å²) in [6.07, 6.45) is -1.65. The summed E-state index contributed by atoms with van der Waals surface area (Å²) in [6.45, 7) is 2.09. The van der Waals surface area contributed by atoms with Gasteiger partial charge < -0.3 is 24.4 Å². The number of ether oxygens (including phenoxy) is 3. The van der Waals surface area contributed by atoms with Gasteiger partial charge in [0.2, 0.25) is 0 Å². The van der Waals surface area contributed by atoms with Crippen molar-refractivity contribution in [3.8, 4) is 0 Å². The number of hydrogen-bond donors (Lipinski definition) is 2. The van der Waals surface area contributed by atoms with Gasteiger partial charge >= 0.3 is 0 Å². The minimum atomic E-state index is -1.13. The van der Waals surface area contributed by atoms with Crippen LogP contribution >= 0.6 is 0 Å². The van der Waals surface area contributed by atoms with Crippen molar-refractivity contribution in [3.63, 3.8) is 0 Å². The molecule has 19 heavy (non-hydrogen) atoms. The summed E-state index contributed by atoms with van der Waals surface area (Å²) in [7, 11) is 1.43. The van der Waals surface area contributed by atoms with Crippen molar-refractivity contribution >= 4 is 0 Å². The largest absolute Gasteiger partial charge is 0.394 e. The second-order valence-corrected chi connectivity index (χ2v) is 4.34.